The monoisotopic (exact) mass is 432 g/mol. The minimum Gasteiger partial charge on any atom is -0.341 e. The molecule has 1 amide bonds. The highest BCUT2D eigenvalue weighted by Gasteiger charge is 2.18. The zero-order valence-corrected chi connectivity index (χ0v) is 18.1. The zero-order valence-electron chi connectivity index (χ0n) is 16.5. The maximum Gasteiger partial charge on any atom is 0.233 e. The van der Waals surface area contributed by atoms with E-state index in [4.69, 9.17) is 11.6 Å². The van der Waals surface area contributed by atoms with Crippen LogP contribution in [0.1, 0.15) is 18.1 Å². The van der Waals surface area contributed by atoms with Gasteiger partial charge in [-0.2, -0.15) is 0 Å². The van der Waals surface area contributed by atoms with Crippen LogP contribution in [0, 0.1) is 12.7 Å². The van der Waals surface area contributed by atoms with Gasteiger partial charge in [0.15, 0.2) is 11.0 Å². The van der Waals surface area contributed by atoms with E-state index in [1.807, 2.05) is 42.7 Å². The Bertz CT molecular complexity index is 1000. The molecule has 0 unspecified atom stereocenters. The van der Waals surface area contributed by atoms with Gasteiger partial charge in [-0.3, -0.25) is 4.79 Å². The molecule has 5 nitrogen and oxygen atoms in total. The summed E-state index contributed by atoms with van der Waals surface area (Å²) in [6, 6.07) is 12.5. The summed E-state index contributed by atoms with van der Waals surface area (Å²) in [6.45, 7) is 4.85. The summed E-state index contributed by atoms with van der Waals surface area (Å²) in [5.74, 6) is 0.400. The van der Waals surface area contributed by atoms with Crippen molar-refractivity contribution in [2.24, 2.45) is 0 Å². The third kappa shape index (κ3) is 4.79. The number of hydrogen-bond donors (Lipinski definition) is 0. The van der Waals surface area contributed by atoms with E-state index in [0.717, 1.165) is 17.0 Å². The van der Waals surface area contributed by atoms with Crippen LogP contribution in [-0.2, 0) is 17.9 Å². The van der Waals surface area contributed by atoms with Gasteiger partial charge in [-0.1, -0.05) is 53.7 Å². The Kier molecular flexibility index (Phi) is 6.92. The summed E-state index contributed by atoms with van der Waals surface area (Å²) in [4.78, 5) is 14.0. The second-order valence-electron chi connectivity index (χ2n) is 6.60. The van der Waals surface area contributed by atoms with Crippen molar-refractivity contribution in [1.29, 1.82) is 0 Å². The normalized spacial score (nSPS) is 10.9. The van der Waals surface area contributed by atoms with E-state index in [-0.39, 0.29) is 18.2 Å². The van der Waals surface area contributed by atoms with E-state index in [1.165, 1.54) is 22.7 Å². The number of amides is 1. The minimum absolute atomic E-state index is 0.111. The first-order chi connectivity index (χ1) is 13.9. The fourth-order valence-electron chi connectivity index (χ4n) is 2.95. The number of aryl methyl sites for hydroxylation is 1. The van der Waals surface area contributed by atoms with Gasteiger partial charge in [0.25, 0.3) is 0 Å². The van der Waals surface area contributed by atoms with Gasteiger partial charge in [0, 0.05) is 36.3 Å². The average molecular weight is 433 g/mol. The van der Waals surface area contributed by atoms with Gasteiger partial charge < -0.3 is 9.47 Å². The van der Waals surface area contributed by atoms with Gasteiger partial charge in [-0.05, 0) is 31.5 Å². The van der Waals surface area contributed by atoms with E-state index in [2.05, 4.69) is 10.2 Å². The molecule has 0 saturated carbocycles. The van der Waals surface area contributed by atoms with E-state index < -0.39 is 5.82 Å². The Morgan fingerprint density at radius 3 is 2.66 bits per heavy atom. The number of aromatic nitrogens is 3. The summed E-state index contributed by atoms with van der Waals surface area (Å²) in [6.07, 6.45) is 0. The fourth-order valence-corrected chi connectivity index (χ4v) is 4.11. The van der Waals surface area contributed by atoms with Crippen LogP contribution in [0.2, 0.25) is 5.02 Å². The van der Waals surface area contributed by atoms with Crippen molar-refractivity contribution in [2.45, 2.75) is 32.1 Å². The Morgan fingerprint density at radius 2 is 1.97 bits per heavy atom. The summed E-state index contributed by atoms with van der Waals surface area (Å²) in [7, 11) is 1.63. The predicted octanol–water partition coefficient (Wildman–Crippen LogP) is 4.82. The summed E-state index contributed by atoms with van der Waals surface area (Å²) in [5.41, 5.74) is 2.45. The lowest BCUT2D eigenvalue weighted by atomic mass is 10.1. The molecule has 0 radical (unpaired) electrons. The van der Waals surface area contributed by atoms with Crippen LogP contribution in [0.5, 0.6) is 0 Å². The molecule has 0 aliphatic carbocycles. The standard InChI is InChI=1S/C21H22ClFN4OS/c1-4-27-20(15-9-6-5-8-14(15)2)24-25-21(27)29-13-19(28)26(3)12-16-17(22)10-7-11-18(16)23/h5-11H,4,12-13H2,1-3H3. The molecule has 1 heterocycles. The van der Waals surface area contributed by atoms with Gasteiger partial charge in [0.1, 0.15) is 5.82 Å². The molecule has 29 heavy (non-hydrogen) atoms. The van der Waals surface area contributed by atoms with Crippen LogP contribution in [-0.4, -0.2) is 38.4 Å². The van der Waals surface area contributed by atoms with E-state index in [0.29, 0.717) is 22.3 Å². The van der Waals surface area contributed by atoms with E-state index in [1.54, 1.807) is 19.2 Å². The number of carbonyl (C=O) groups excluding carboxylic acids is 1. The van der Waals surface area contributed by atoms with Crippen molar-refractivity contribution in [3.05, 3.63) is 64.4 Å². The SMILES string of the molecule is CCn1c(SCC(=O)N(C)Cc2c(F)cccc2Cl)nnc1-c1ccccc1C. The first kappa shape index (κ1) is 21.3. The zero-order chi connectivity index (χ0) is 21.0. The summed E-state index contributed by atoms with van der Waals surface area (Å²) >= 11 is 7.38. The van der Waals surface area contributed by atoms with Crippen LogP contribution in [0.3, 0.4) is 0 Å². The number of halogens is 2. The lowest BCUT2D eigenvalue weighted by molar-refractivity contribution is -0.127. The van der Waals surface area contributed by atoms with Gasteiger partial charge >= 0.3 is 0 Å². The number of carbonyl (C=O) groups is 1. The number of hydrogen-bond acceptors (Lipinski definition) is 4. The van der Waals surface area contributed by atoms with E-state index >= 15 is 0 Å². The van der Waals surface area contributed by atoms with Crippen molar-refractivity contribution in [3.8, 4) is 11.4 Å². The molecule has 152 valence electrons. The van der Waals surface area contributed by atoms with Crippen LogP contribution < -0.4 is 0 Å². The highest BCUT2D eigenvalue weighted by molar-refractivity contribution is 7.99. The quantitative estimate of drug-likeness (QED) is 0.502. The number of nitrogens with zero attached hydrogens (tertiary/aromatic N) is 4. The highest BCUT2D eigenvalue weighted by atomic mass is 35.5. The molecular weight excluding hydrogens is 411 g/mol. The molecule has 0 aliphatic rings. The Hall–Kier alpha value is -2.38. The summed E-state index contributed by atoms with van der Waals surface area (Å²) in [5, 5.41) is 9.59. The molecule has 2 aromatic carbocycles. The molecule has 0 saturated heterocycles. The third-order valence-electron chi connectivity index (χ3n) is 4.63. The van der Waals surface area contributed by atoms with Crippen molar-refractivity contribution in [3.63, 3.8) is 0 Å². The molecule has 0 bridgehead atoms. The predicted molar refractivity (Wildman–Crippen MR) is 114 cm³/mol. The fraction of sp³-hybridized carbons (Fsp3) is 0.286. The molecule has 0 fully saturated rings. The van der Waals surface area contributed by atoms with Crippen LogP contribution in [0.4, 0.5) is 4.39 Å². The van der Waals surface area contributed by atoms with Gasteiger partial charge in [-0.15, -0.1) is 10.2 Å². The van der Waals surface area contributed by atoms with Crippen LogP contribution >= 0.6 is 23.4 Å². The molecule has 3 rings (SSSR count). The van der Waals surface area contributed by atoms with Gasteiger partial charge in [0.05, 0.1) is 5.75 Å². The van der Waals surface area contributed by atoms with Crippen LogP contribution in [0.15, 0.2) is 47.6 Å². The Balaban J connectivity index is 1.70. The number of benzene rings is 2. The molecular formula is C21H22ClFN4OS. The van der Waals surface area contributed by atoms with Crippen molar-refractivity contribution in [1.82, 2.24) is 19.7 Å². The largest absolute Gasteiger partial charge is 0.341 e. The van der Waals surface area contributed by atoms with E-state index in [9.17, 15) is 9.18 Å². The molecule has 0 N–H and O–H groups in total. The van der Waals surface area contributed by atoms with Gasteiger partial charge in [0.2, 0.25) is 5.91 Å². The lowest BCUT2D eigenvalue weighted by Crippen LogP contribution is -2.28. The Labute approximate surface area is 178 Å². The van der Waals surface area contributed by atoms with Gasteiger partial charge in [-0.25, -0.2) is 4.39 Å². The maximum absolute atomic E-state index is 14.0. The number of thioether (sulfide) groups is 1. The summed E-state index contributed by atoms with van der Waals surface area (Å²) < 4.78 is 16.0. The minimum atomic E-state index is -0.418. The maximum atomic E-state index is 14.0. The Morgan fingerprint density at radius 1 is 1.21 bits per heavy atom. The topological polar surface area (TPSA) is 51.0 Å². The molecule has 8 heteroatoms. The smallest absolute Gasteiger partial charge is 0.233 e. The number of rotatable bonds is 7. The van der Waals surface area contributed by atoms with Crippen molar-refractivity contribution < 1.29 is 9.18 Å². The highest BCUT2D eigenvalue weighted by Crippen LogP contribution is 2.26. The van der Waals surface area contributed by atoms with Crippen molar-refractivity contribution in [2.75, 3.05) is 12.8 Å². The molecule has 0 spiro atoms. The third-order valence-corrected chi connectivity index (χ3v) is 5.93. The molecule has 3 aromatic rings. The van der Waals surface area contributed by atoms with Crippen molar-refractivity contribution >= 4 is 29.3 Å². The second-order valence-corrected chi connectivity index (χ2v) is 7.95. The van der Waals surface area contributed by atoms with Crippen LogP contribution in [0.25, 0.3) is 11.4 Å². The molecule has 0 aliphatic heterocycles. The first-order valence-corrected chi connectivity index (χ1v) is 10.6. The second kappa shape index (κ2) is 9.41. The molecule has 1 aromatic heterocycles. The average Bonchev–Trinajstić information content (AvgIpc) is 3.11. The first-order valence-electron chi connectivity index (χ1n) is 9.21. The molecule has 0 atom stereocenters. The lowest BCUT2D eigenvalue weighted by Gasteiger charge is -2.18.